The van der Waals surface area contributed by atoms with Gasteiger partial charge in [-0.3, -0.25) is 4.79 Å². The molecule has 3 nitrogen and oxygen atoms in total. The van der Waals surface area contributed by atoms with Gasteiger partial charge in [0.25, 0.3) is 5.91 Å². The molecule has 0 radical (unpaired) electrons. The zero-order valence-corrected chi connectivity index (χ0v) is 14.6. The van der Waals surface area contributed by atoms with Gasteiger partial charge in [0.05, 0.1) is 13.2 Å². The molecule has 0 aliphatic rings. The van der Waals surface area contributed by atoms with Crippen molar-refractivity contribution in [2.75, 3.05) is 7.11 Å². The van der Waals surface area contributed by atoms with Crippen LogP contribution in [0.5, 0.6) is 5.75 Å². The Morgan fingerprint density at radius 2 is 1.83 bits per heavy atom. The van der Waals surface area contributed by atoms with Gasteiger partial charge in [-0.25, -0.2) is 0 Å². The molecule has 0 aliphatic heterocycles. The van der Waals surface area contributed by atoms with Gasteiger partial charge in [-0.1, -0.05) is 30.7 Å². The number of ether oxygens (including phenoxy) is 1. The van der Waals surface area contributed by atoms with Crippen molar-refractivity contribution in [3.8, 4) is 5.75 Å². The summed E-state index contributed by atoms with van der Waals surface area (Å²) in [6.07, 6.45) is 0.852. The van der Waals surface area contributed by atoms with E-state index in [1.807, 2.05) is 19.1 Å². The Bertz CT molecular complexity index is 707. The molecule has 0 aliphatic carbocycles. The lowest BCUT2D eigenvalue weighted by atomic mass is 9.97. The van der Waals surface area contributed by atoms with Crippen LogP contribution in [-0.2, 0) is 0 Å². The highest BCUT2D eigenvalue weighted by molar-refractivity contribution is 5.94. The number of hydrogen-bond acceptors (Lipinski definition) is 2. The van der Waals surface area contributed by atoms with Gasteiger partial charge < -0.3 is 10.1 Å². The fraction of sp³-hybridized carbons (Fsp3) is 0.350. The summed E-state index contributed by atoms with van der Waals surface area (Å²) in [7, 11) is 1.63. The average Bonchev–Trinajstić information content (AvgIpc) is 2.52. The van der Waals surface area contributed by atoms with E-state index in [9.17, 15) is 4.79 Å². The molecule has 2 aromatic rings. The van der Waals surface area contributed by atoms with Crippen molar-refractivity contribution in [3.63, 3.8) is 0 Å². The molecule has 122 valence electrons. The molecule has 0 saturated heterocycles. The second-order valence-electron chi connectivity index (χ2n) is 5.98. The van der Waals surface area contributed by atoms with E-state index in [0.29, 0.717) is 5.56 Å². The molecule has 1 unspecified atom stereocenters. The number of aryl methyl sites for hydroxylation is 3. The van der Waals surface area contributed by atoms with E-state index in [1.54, 1.807) is 13.2 Å². The first-order valence-corrected chi connectivity index (χ1v) is 7.99. The summed E-state index contributed by atoms with van der Waals surface area (Å²) in [4.78, 5) is 12.6. The zero-order chi connectivity index (χ0) is 17.0. The van der Waals surface area contributed by atoms with Gasteiger partial charge in [-0.15, -0.1) is 0 Å². The summed E-state index contributed by atoms with van der Waals surface area (Å²) in [5.41, 5.74) is 5.24. The normalized spacial score (nSPS) is 11.9. The van der Waals surface area contributed by atoms with Gasteiger partial charge >= 0.3 is 0 Å². The summed E-state index contributed by atoms with van der Waals surface area (Å²) in [6.45, 7) is 8.20. The van der Waals surface area contributed by atoms with Crippen LogP contribution in [0.15, 0.2) is 36.4 Å². The summed E-state index contributed by atoms with van der Waals surface area (Å²) < 4.78 is 5.25. The molecule has 1 atom stereocenters. The summed E-state index contributed by atoms with van der Waals surface area (Å²) >= 11 is 0. The van der Waals surface area contributed by atoms with E-state index in [2.05, 4.69) is 44.3 Å². The second kappa shape index (κ2) is 7.32. The third kappa shape index (κ3) is 3.92. The molecule has 1 N–H and O–H groups in total. The number of carbonyl (C=O) groups excluding carboxylic acids is 1. The first-order valence-electron chi connectivity index (χ1n) is 7.99. The van der Waals surface area contributed by atoms with Crippen LogP contribution >= 0.6 is 0 Å². The predicted molar refractivity (Wildman–Crippen MR) is 94.1 cm³/mol. The van der Waals surface area contributed by atoms with Gasteiger partial charge in [0.1, 0.15) is 5.75 Å². The molecule has 0 bridgehead atoms. The quantitative estimate of drug-likeness (QED) is 0.883. The maximum absolute atomic E-state index is 12.6. The Balaban J connectivity index is 2.21. The minimum Gasteiger partial charge on any atom is -0.496 e. The van der Waals surface area contributed by atoms with Crippen molar-refractivity contribution in [1.29, 1.82) is 0 Å². The molecule has 2 rings (SSSR count). The Morgan fingerprint density at radius 3 is 2.39 bits per heavy atom. The van der Waals surface area contributed by atoms with Crippen molar-refractivity contribution in [1.82, 2.24) is 5.32 Å². The highest BCUT2D eigenvalue weighted by atomic mass is 16.5. The van der Waals surface area contributed by atoms with E-state index in [0.717, 1.165) is 17.7 Å². The maximum Gasteiger partial charge on any atom is 0.251 e. The number of nitrogens with one attached hydrogen (secondary N) is 1. The third-order valence-corrected chi connectivity index (χ3v) is 4.17. The fourth-order valence-corrected chi connectivity index (χ4v) is 2.88. The molecular weight excluding hydrogens is 286 g/mol. The smallest absolute Gasteiger partial charge is 0.251 e. The lowest BCUT2D eigenvalue weighted by Gasteiger charge is -2.20. The Morgan fingerprint density at radius 1 is 1.09 bits per heavy atom. The molecule has 0 aromatic heterocycles. The van der Waals surface area contributed by atoms with Gasteiger partial charge in [0.2, 0.25) is 0 Å². The summed E-state index contributed by atoms with van der Waals surface area (Å²) in [5.74, 6) is 0.741. The van der Waals surface area contributed by atoms with Crippen LogP contribution in [0.4, 0.5) is 0 Å². The van der Waals surface area contributed by atoms with Crippen LogP contribution in [0.2, 0.25) is 0 Å². The van der Waals surface area contributed by atoms with E-state index in [-0.39, 0.29) is 11.9 Å². The van der Waals surface area contributed by atoms with E-state index in [1.165, 1.54) is 16.7 Å². The molecule has 1 amide bonds. The largest absolute Gasteiger partial charge is 0.496 e. The summed E-state index contributed by atoms with van der Waals surface area (Å²) in [5, 5.41) is 3.14. The lowest BCUT2D eigenvalue weighted by molar-refractivity contribution is 0.0935. The van der Waals surface area contributed by atoms with E-state index >= 15 is 0 Å². The van der Waals surface area contributed by atoms with E-state index < -0.39 is 0 Å². The number of carbonyl (C=O) groups is 1. The standard InChI is InChI=1S/C20H25NO2/c1-6-18(17-9-7-13(2)11-14(17)3)21-20(22)16-8-10-19(23-5)15(4)12-16/h7-12,18H,6H2,1-5H3,(H,21,22). The van der Waals surface area contributed by atoms with Crippen LogP contribution in [0, 0.1) is 20.8 Å². The van der Waals surface area contributed by atoms with Crippen LogP contribution in [-0.4, -0.2) is 13.0 Å². The molecule has 0 heterocycles. The number of benzene rings is 2. The van der Waals surface area contributed by atoms with Crippen molar-refractivity contribution >= 4 is 5.91 Å². The SMILES string of the molecule is CCC(NC(=O)c1ccc(OC)c(C)c1)c1ccc(C)cc1C. The van der Waals surface area contributed by atoms with Crippen LogP contribution in [0.1, 0.15) is 52.0 Å². The van der Waals surface area contributed by atoms with Crippen molar-refractivity contribution in [2.45, 2.75) is 40.2 Å². The third-order valence-electron chi connectivity index (χ3n) is 4.17. The number of amides is 1. The minimum atomic E-state index is -0.0532. The lowest BCUT2D eigenvalue weighted by Crippen LogP contribution is -2.28. The first-order chi connectivity index (χ1) is 11.0. The zero-order valence-electron chi connectivity index (χ0n) is 14.6. The molecule has 23 heavy (non-hydrogen) atoms. The molecule has 3 heteroatoms. The molecule has 2 aromatic carbocycles. The fourth-order valence-electron chi connectivity index (χ4n) is 2.88. The highest BCUT2D eigenvalue weighted by Crippen LogP contribution is 2.23. The van der Waals surface area contributed by atoms with Crippen molar-refractivity contribution in [3.05, 3.63) is 64.2 Å². The van der Waals surface area contributed by atoms with Gasteiger partial charge in [-0.05, 0) is 62.1 Å². The monoisotopic (exact) mass is 311 g/mol. The molecule has 0 saturated carbocycles. The van der Waals surface area contributed by atoms with Gasteiger partial charge in [0.15, 0.2) is 0 Å². The van der Waals surface area contributed by atoms with E-state index in [4.69, 9.17) is 4.74 Å². The Hall–Kier alpha value is -2.29. The maximum atomic E-state index is 12.6. The minimum absolute atomic E-state index is 0.0190. The van der Waals surface area contributed by atoms with Gasteiger partial charge in [-0.2, -0.15) is 0 Å². The Kier molecular flexibility index (Phi) is 5.43. The topological polar surface area (TPSA) is 38.3 Å². The highest BCUT2D eigenvalue weighted by Gasteiger charge is 2.16. The predicted octanol–water partition coefficient (Wildman–Crippen LogP) is 4.50. The van der Waals surface area contributed by atoms with Gasteiger partial charge in [0, 0.05) is 5.56 Å². The second-order valence-corrected chi connectivity index (χ2v) is 5.98. The van der Waals surface area contributed by atoms with Crippen LogP contribution in [0.25, 0.3) is 0 Å². The molecule has 0 fully saturated rings. The number of hydrogen-bond donors (Lipinski definition) is 1. The molecule has 0 spiro atoms. The van der Waals surface area contributed by atoms with Crippen LogP contribution < -0.4 is 10.1 Å². The summed E-state index contributed by atoms with van der Waals surface area (Å²) in [6, 6.07) is 11.9. The number of methoxy groups -OCH3 is 1. The average molecular weight is 311 g/mol. The van der Waals surface area contributed by atoms with Crippen molar-refractivity contribution in [2.24, 2.45) is 0 Å². The molecular formula is C20H25NO2. The Labute approximate surface area is 138 Å². The number of rotatable bonds is 5. The van der Waals surface area contributed by atoms with Crippen molar-refractivity contribution < 1.29 is 9.53 Å². The first kappa shape index (κ1) is 17.1. The van der Waals surface area contributed by atoms with Crippen LogP contribution in [0.3, 0.4) is 0 Å².